The summed E-state index contributed by atoms with van der Waals surface area (Å²) in [5.41, 5.74) is 3.63. The van der Waals surface area contributed by atoms with Crippen molar-refractivity contribution in [1.29, 1.82) is 0 Å². The van der Waals surface area contributed by atoms with Crippen LogP contribution >= 0.6 is 0 Å². The molecule has 7 heteroatoms. The maximum Gasteiger partial charge on any atom is 0.269 e. The Hall–Kier alpha value is -2.93. The number of hydroxylamine groups is 1. The van der Waals surface area contributed by atoms with Gasteiger partial charge in [-0.1, -0.05) is 18.2 Å². The number of pyridine rings is 1. The fraction of sp³-hybridized carbons (Fsp3) is 0.133. The third-order valence-electron chi connectivity index (χ3n) is 3.39. The van der Waals surface area contributed by atoms with Crippen LogP contribution in [0.25, 0.3) is 21.8 Å². The predicted octanol–water partition coefficient (Wildman–Crippen LogP) is 1.34. The normalized spacial score (nSPS) is 10.8. The lowest BCUT2D eigenvalue weighted by Crippen LogP contribution is -2.29. The Kier molecular flexibility index (Phi) is 3.71. The number of carbonyl (C=O) groups excluding carboxylic acids is 2. The number of amides is 2. The number of nitrogens with zero attached hydrogens (tertiary/aromatic N) is 1. The molecule has 2 aromatic heterocycles. The van der Waals surface area contributed by atoms with Gasteiger partial charge in [0.1, 0.15) is 5.69 Å². The molecule has 0 saturated heterocycles. The minimum Gasteiger partial charge on any atom is -0.353 e. The van der Waals surface area contributed by atoms with Crippen LogP contribution in [0.3, 0.4) is 0 Å². The van der Waals surface area contributed by atoms with Crippen LogP contribution in [-0.2, 0) is 4.79 Å². The standard InChI is InChI=1S/C15H14N4O3/c20-14(19-22)5-6-16-15(21)12-7-10-9-3-1-2-4-11(9)18-13(10)8-17-12/h1-4,7-8,18,22H,5-6H2,(H,16,21)(H,19,20). The van der Waals surface area contributed by atoms with Crippen molar-refractivity contribution in [3.05, 3.63) is 42.2 Å². The van der Waals surface area contributed by atoms with Crippen molar-refractivity contribution in [2.75, 3.05) is 6.54 Å². The molecule has 7 nitrogen and oxygen atoms in total. The highest BCUT2D eigenvalue weighted by molar-refractivity contribution is 6.09. The summed E-state index contributed by atoms with van der Waals surface area (Å²) in [4.78, 5) is 30.3. The molecule has 0 radical (unpaired) electrons. The maximum atomic E-state index is 12.0. The quantitative estimate of drug-likeness (QED) is 0.430. The Labute approximate surface area is 125 Å². The van der Waals surface area contributed by atoms with Crippen molar-refractivity contribution in [3.8, 4) is 0 Å². The third kappa shape index (κ3) is 2.61. The molecule has 0 spiro atoms. The largest absolute Gasteiger partial charge is 0.353 e. The molecule has 0 fully saturated rings. The Bertz CT molecular complexity index is 856. The SMILES string of the molecule is O=C(CCNC(=O)c1cc2c(cn1)[nH]c1ccccc12)NO. The molecule has 2 heterocycles. The molecule has 0 saturated carbocycles. The summed E-state index contributed by atoms with van der Waals surface area (Å²) < 4.78 is 0. The molecule has 0 bridgehead atoms. The first-order chi connectivity index (χ1) is 10.7. The minimum atomic E-state index is -0.555. The van der Waals surface area contributed by atoms with E-state index >= 15 is 0 Å². The molecule has 0 aliphatic heterocycles. The van der Waals surface area contributed by atoms with Crippen LogP contribution in [0.2, 0.25) is 0 Å². The number of hydrogen-bond acceptors (Lipinski definition) is 4. The van der Waals surface area contributed by atoms with E-state index in [1.807, 2.05) is 24.3 Å². The summed E-state index contributed by atoms with van der Waals surface area (Å²) in [6.07, 6.45) is 1.61. The summed E-state index contributed by atoms with van der Waals surface area (Å²) in [6.45, 7) is 0.124. The number of benzene rings is 1. The van der Waals surface area contributed by atoms with Crippen molar-refractivity contribution in [1.82, 2.24) is 20.8 Å². The number of para-hydroxylation sites is 1. The smallest absolute Gasteiger partial charge is 0.269 e. The van der Waals surface area contributed by atoms with E-state index in [4.69, 9.17) is 5.21 Å². The summed E-state index contributed by atoms with van der Waals surface area (Å²) in [5.74, 6) is -0.918. The van der Waals surface area contributed by atoms with E-state index in [1.54, 1.807) is 12.3 Å². The van der Waals surface area contributed by atoms with Gasteiger partial charge in [0.2, 0.25) is 5.91 Å². The van der Waals surface area contributed by atoms with Crippen LogP contribution in [-0.4, -0.2) is 33.5 Å². The summed E-state index contributed by atoms with van der Waals surface area (Å²) in [5, 5.41) is 12.9. The van der Waals surface area contributed by atoms with Crippen LogP contribution < -0.4 is 10.8 Å². The van der Waals surface area contributed by atoms with E-state index in [9.17, 15) is 9.59 Å². The second-order valence-electron chi connectivity index (χ2n) is 4.83. The van der Waals surface area contributed by atoms with Crippen LogP contribution in [0.5, 0.6) is 0 Å². The first-order valence-electron chi connectivity index (χ1n) is 6.76. The summed E-state index contributed by atoms with van der Waals surface area (Å²) >= 11 is 0. The maximum absolute atomic E-state index is 12.0. The first kappa shape index (κ1) is 14.0. The number of aromatic amines is 1. The van der Waals surface area contributed by atoms with Crippen LogP contribution in [0.4, 0.5) is 0 Å². The van der Waals surface area contributed by atoms with Gasteiger partial charge in [-0.05, 0) is 12.1 Å². The van der Waals surface area contributed by atoms with Gasteiger partial charge in [0.05, 0.1) is 11.7 Å². The van der Waals surface area contributed by atoms with Gasteiger partial charge in [-0.3, -0.25) is 14.8 Å². The fourth-order valence-corrected chi connectivity index (χ4v) is 2.31. The number of hydrogen-bond donors (Lipinski definition) is 4. The van der Waals surface area contributed by atoms with Crippen LogP contribution in [0.1, 0.15) is 16.9 Å². The number of nitrogens with one attached hydrogen (secondary N) is 3. The minimum absolute atomic E-state index is 0.00241. The van der Waals surface area contributed by atoms with Gasteiger partial charge in [0.25, 0.3) is 5.91 Å². The van der Waals surface area contributed by atoms with Crippen molar-refractivity contribution in [2.45, 2.75) is 6.42 Å². The number of carbonyl (C=O) groups is 2. The monoisotopic (exact) mass is 298 g/mol. The van der Waals surface area contributed by atoms with E-state index in [1.165, 1.54) is 5.48 Å². The molecule has 0 unspecified atom stereocenters. The number of aromatic nitrogens is 2. The second-order valence-corrected chi connectivity index (χ2v) is 4.83. The molecular formula is C15H14N4O3. The predicted molar refractivity (Wildman–Crippen MR) is 80.5 cm³/mol. The topological polar surface area (TPSA) is 107 Å². The van der Waals surface area contributed by atoms with Crippen molar-refractivity contribution < 1.29 is 14.8 Å². The van der Waals surface area contributed by atoms with Crippen molar-refractivity contribution in [2.24, 2.45) is 0 Å². The molecule has 0 aliphatic rings. The summed E-state index contributed by atoms with van der Waals surface area (Å²) in [6, 6.07) is 9.52. The molecule has 0 aliphatic carbocycles. The second kappa shape index (κ2) is 5.82. The van der Waals surface area contributed by atoms with Gasteiger partial charge in [-0.15, -0.1) is 0 Å². The van der Waals surface area contributed by atoms with Crippen LogP contribution in [0, 0.1) is 0 Å². The zero-order valence-corrected chi connectivity index (χ0v) is 11.6. The first-order valence-corrected chi connectivity index (χ1v) is 6.76. The number of rotatable bonds is 4. The lowest BCUT2D eigenvalue weighted by molar-refractivity contribution is -0.129. The van der Waals surface area contributed by atoms with Crippen LogP contribution in [0.15, 0.2) is 36.5 Å². The number of H-pyrrole nitrogens is 1. The Morgan fingerprint density at radius 3 is 2.82 bits per heavy atom. The summed E-state index contributed by atoms with van der Waals surface area (Å²) in [7, 11) is 0. The van der Waals surface area contributed by atoms with Gasteiger partial charge in [-0.25, -0.2) is 10.5 Å². The van der Waals surface area contributed by atoms with Gasteiger partial charge in [0.15, 0.2) is 0 Å². The highest BCUT2D eigenvalue weighted by Crippen LogP contribution is 2.24. The lowest BCUT2D eigenvalue weighted by Gasteiger charge is -2.04. The molecule has 112 valence electrons. The zero-order chi connectivity index (χ0) is 15.5. The molecule has 0 atom stereocenters. The molecule has 22 heavy (non-hydrogen) atoms. The molecule has 3 aromatic rings. The Morgan fingerprint density at radius 1 is 1.18 bits per heavy atom. The van der Waals surface area contributed by atoms with E-state index in [-0.39, 0.29) is 24.6 Å². The molecule has 1 aromatic carbocycles. The fourth-order valence-electron chi connectivity index (χ4n) is 2.31. The van der Waals surface area contributed by atoms with Gasteiger partial charge < -0.3 is 10.3 Å². The zero-order valence-electron chi connectivity index (χ0n) is 11.6. The molecular weight excluding hydrogens is 284 g/mol. The molecule has 4 N–H and O–H groups in total. The highest BCUT2D eigenvalue weighted by atomic mass is 16.5. The highest BCUT2D eigenvalue weighted by Gasteiger charge is 2.11. The van der Waals surface area contributed by atoms with E-state index in [2.05, 4.69) is 15.3 Å². The van der Waals surface area contributed by atoms with E-state index in [0.29, 0.717) is 0 Å². The number of fused-ring (bicyclic) bond motifs is 3. The molecule has 3 rings (SSSR count). The van der Waals surface area contributed by atoms with Gasteiger partial charge in [-0.2, -0.15) is 0 Å². The van der Waals surface area contributed by atoms with Gasteiger partial charge in [0, 0.05) is 29.3 Å². The van der Waals surface area contributed by atoms with E-state index in [0.717, 1.165) is 21.8 Å². The van der Waals surface area contributed by atoms with Crippen molar-refractivity contribution >= 4 is 33.6 Å². The average molecular weight is 298 g/mol. The van der Waals surface area contributed by atoms with E-state index < -0.39 is 5.91 Å². The molecule has 2 amide bonds. The Balaban J connectivity index is 1.83. The Morgan fingerprint density at radius 2 is 2.00 bits per heavy atom. The van der Waals surface area contributed by atoms with Gasteiger partial charge >= 0.3 is 0 Å². The third-order valence-corrected chi connectivity index (χ3v) is 3.39. The average Bonchev–Trinajstić information content (AvgIpc) is 2.92. The van der Waals surface area contributed by atoms with Crippen molar-refractivity contribution in [3.63, 3.8) is 0 Å². The lowest BCUT2D eigenvalue weighted by atomic mass is 10.1.